The van der Waals surface area contributed by atoms with Crippen molar-refractivity contribution in [2.75, 3.05) is 54.9 Å². The number of esters is 4. The summed E-state index contributed by atoms with van der Waals surface area (Å²) < 4.78 is 43.3. The molecule has 0 saturated carbocycles. The monoisotopic (exact) mass is 584 g/mol. The molecule has 2 aromatic rings. The van der Waals surface area contributed by atoms with Crippen LogP contribution < -0.4 is 18.9 Å². The minimum atomic E-state index is -1.43. The van der Waals surface area contributed by atoms with Crippen LogP contribution in [0.4, 0.5) is 0 Å². The fourth-order valence-electron chi connectivity index (χ4n) is 6.21. The number of carbonyl (C=O) groups excluding carboxylic acids is 4. The highest BCUT2D eigenvalue weighted by molar-refractivity contribution is 5.96. The molecule has 0 bridgehead atoms. The van der Waals surface area contributed by atoms with E-state index in [0.29, 0.717) is 60.6 Å². The van der Waals surface area contributed by atoms with Gasteiger partial charge in [0.05, 0.1) is 28.4 Å². The Kier molecular flexibility index (Phi) is 8.41. The number of benzene rings is 2. The van der Waals surface area contributed by atoms with Crippen LogP contribution in [-0.2, 0) is 38.1 Å². The number of ether oxygens (including phenoxy) is 8. The maximum absolute atomic E-state index is 13.3. The molecular formula is C30H32O12. The standard InChI is InChI=1S/C30H32O12/c1-35-27(31)19(28(32)36-2)12-17-16-13-22-23(42-10-9-41-22)14-18(16)24(25(17)26(29(33)37-3)30(34)38-4)15-5-6-20-21(11-15)40-8-7-39-20/h5-6,11,13-14,17,19,24-26H,7-10,12H2,1-4H3/t17-,24-,25-/m1/s1. The zero-order chi connectivity index (χ0) is 30.0. The van der Waals surface area contributed by atoms with Gasteiger partial charge < -0.3 is 37.9 Å². The molecule has 12 nitrogen and oxygen atoms in total. The lowest BCUT2D eigenvalue weighted by Gasteiger charge is -2.32. The van der Waals surface area contributed by atoms with Crippen molar-refractivity contribution in [3.63, 3.8) is 0 Å². The lowest BCUT2D eigenvalue weighted by atomic mass is 9.72. The molecule has 0 aromatic heterocycles. The van der Waals surface area contributed by atoms with E-state index in [-0.39, 0.29) is 6.42 Å². The van der Waals surface area contributed by atoms with Gasteiger partial charge in [0.15, 0.2) is 34.8 Å². The van der Waals surface area contributed by atoms with E-state index in [9.17, 15) is 19.2 Å². The third-order valence-corrected chi connectivity index (χ3v) is 8.01. The van der Waals surface area contributed by atoms with Crippen molar-refractivity contribution in [2.45, 2.75) is 18.3 Å². The third-order valence-electron chi connectivity index (χ3n) is 8.01. The second-order valence-corrected chi connectivity index (χ2v) is 10.0. The molecule has 0 fully saturated rings. The number of hydrogen-bond acceptors (Lipinski definition) is 12. The van der Waals surface area contributed by atoms with E-state index < -0.39 is 53.5 Å². The smallest absolute Gasteiger partial charge is 0.320 e. The Bertz CT molecular complexity index is 1350. The van der Waals surface area contributed by atoms with Gasteiger partial charge in [-0.05, 0) is 53.3 Å². The quantitative estimate of drug-likeness (QED) is 0.255. The molecule has 2 aromatic carbocycles. The van der Waals surface area contributed by atoms with Gasteiger partial charge >= 0.3 is 23.9 Å². The Hall–Kier alpha value is -4.48. The van der Waals surface area contributed by atoms with Crippen LogP contribution in [0.2, 0.25) is 0 Å². The Balaban J connectivity index is 1.75. The number of rotatable bonds is 8. The summed E-state index contributed by atoms with van der Waals surface area (Å²) in [4.78, 5) is 52.3. The number of carbonyl (C=O) groups is 4. The summed E-state index contributed by atoms with van der Waals surface area (Å²) in [6.45, 7) is 1.43. The second-order valence-electron chi connectivity index (χ2n) is 10.0. The molecular weight excluding hydrogens is 552 g/mol. The van der Waals surface area contributed by atoms with E-state index in [0.717, 1.165) is 5.56 Å². The predicted molar refractivity (Wildman–Crippen MR) is 143 cm³/mol. The van der Waals surface area contributed by atoms with Gasteiger partial charge in [-0.2, -0.15) is 0 Å². The van der Waals surface area contributed by atoms with Crippen molar-refractivity contribution in [3.05, 3.63) is 47.0 Å². The van der Waals surface area contributed by atoms with E-state index in [2.05, 4.69) is 0 Å². The summed E-state index contributed by atoms with van der Waals surface area (Å²) in [7, 11) is 4.70. The molecule has 0 N–H and O–H groups in total. The Morgan fingerprint density at radius 2 is 1.14 bits per heavy atom. The molecule has 5 rings (SSSR count). The molecule has 42 heavy (non-hydrogen) atoms. The summed E-state index contributed by atoms with van der Waals surface area (Å²) in [6, 6.07) is 8.99. The average molecular weight is 585 g/mol. The molecule has 0 saturated heterocycles. The van der Waals surface area contributed by atoms with Crippen LogP contribution in [0.15, 0.2) is 30.3 Å². The molecule has 2 heterocycles. The minimum absolute atomic E-state index is 0.137. The van der Waals surface area contributed by atoms with Gasteiger partial charge in [0.25, 0.3) is 0 Å². The number of hydrogen-bond donors (Lipinski definition) is 0. The molecule has 0 spiro atoms. The Labute approximate surface area is 242 Å². The third kappa shape index (κ3) is 5.17. The van der Waals surface area contributed by atoms with Crippen molar-refractivity contribution in [1.82, 2.24) is 0 Å². The zero-order valence-corrected chi connectivity index (χ0v) is 23.7. The number of methoxy groups -OCH3 is 4. The van der Waals surface area contributed by atoms with Gasteiger partial charge in [0, 0.05) is 11.8 Å². The zero-order valence-electron chi connectivity index (χ0n) is 23.7. The highest BCUT2D eigenvalue weighted by Crippen LogP contribution is 2.58. The van der Waals surface area contributed by atoms with Gasteiger partial charge in [0.1, 0.15) is 26.4 Å². The molecule has 1 aliphatic carbocycles. The maximum atomic E-state index is 13.3. The molecule has 3 atom stereocenters. The van der Waals surface area contributed by atoms with E-state index in [1.54, 1.807) is 18.2 Å². The molecule has 224 valence electrons. The number of fused-ring (bicyclic) bond motifs is 3. The predicted octanol–water partition coefficient (Wildman–Crippen LogP) is 2.39. The maximum Gasteiger partial charge on any atom is 0.320 e. The summed E-state index contributed by atoms with van der Waals surface area (Å²) in [5.41, 5.74) is 2.09. The lowest BCUT2D eigenvalue weighted by molar-refractivity contribution is -0.162. The second kappa shape index (κ2) is 12.2. The first-order chi connectivity index (χ1) is 20.3. The van der Waals surface area contributed by atoms with Crippen molar-refractivity contribution in [2.24, 2.45) is 17.8 Å². The molecule has 0 radical (unpaired) electrons. The van der Waals surface area contributed by atoms with E-state index in [4.69, 9.17) is 37.9 Å². The molecule has 0 amide bonds. The van der Waals surface area contributed by atoms with Crippen LogP contribution in [0.5, 0.6) is 23.0 Å². The fourth-order valence-corrected chi connectivity index (χ4v) is 6.21. The topological polar surface area (TPSA) is 142 Å². The highest BCUT2D eigenvalue weighted by atomic mass is 16.6. The Morgan fingerprint density at radius 1 is 0.667 bits per heavy atom. The Morgan fingerprint density at radius 3 is 1.67 bits per heavy atom. The highest BCUT2D eigenvalue weighted by Gasteiger charge is 2.53. The van der Waals surface area contributed by atoms with Crippen molar-refractivity contribution < 1.29 is 57.1 Å². The average Bonchev–Trinajstić information content (AvgIpc) is 3.33. The first-order valence-corrected chi connectivity index (χ1v) is 13.5. The van der Waals surface area contributed by atoms with E-state index >= 15 is 0 Å². The normalized spacial score (nSPS) is 20.0. The van der Waals surface area contributed by atoms with Crippen molar-refractivity contribution >= 4 is 23.9 Å². The van der Waals surface area contributed by atoms with Gasteiger partial charge in [-0.15, -0.1) is 0 Å². The van der Waals surface area contributed by atoms with Crippen LogP contribution in [0, 0.1) is 17.8 Å². The van der Waals surface area contributed by atoms with E-state index in [1.165, 1.54) is 28.4 Å². The summed E-state index contributed by atoms with van der Waals surface area (Å²) in [5, 5.41) is 0. The summed E-state index contributed by atoms with van der Waals surface area (Å²) in [6.07, 6.45) is -0.137. The minimum Gasteiger partial charge on any atom is -0.486 e. The lowest BCUT2D eigenvalue weighted by Crippen LogP contribution is -2.39. The van der Waals surface area contributed by atoms with Gasteiger partial charge in [0.2, 0.25) is 0 Å². The largest absolute Gasteiger partial charge is 0.486 e. The van der Waals surface area contributed by atoms with Gasteiger partial charge in [-0.1, -0.05) is 6.07 Å². The van der Waals surface area contributed by atoms with Gasteiger partial charge in [-0.3, -0.25) is 19.2 Å². The fraction of sp³-hybridized carbons (Fsp3) is 0.467. The summed E-state index contributed by atoms with van der Waals surface area (Å²) in [5.74, 6) is -6.24. The van der Waals surface area contributed by atoms with Crippen LogP contribution in [0.1, 0.15) is 34.9 Å². The first-order valence-electron chi connectivity index (χ1n) is 13.5. The van der Waals surface area contributed by atoms with Crippen LogP contribution in [0.3, 0.4) is 0 Å². The molecule has 2 aliphatic heterocycles. The first kappa shape index (κ1) is 29.0. The summed E-state index contributed by atoms with van der Waals surface area (Å²) >= 11 is 0. The van der Waals surface area contributed by atoms with Crippen molar-refractivity contribution in [1.29, 1.82) is 0 Å². The molecule has 3 aliphatic rings. The van der Waals surface area contributed by atoms with Crippen LogP contribution in [-0.4, -0.2) is 78.7 Å². The SMILES string of the molecule is COC(=O)C(C[C@@H]1c2cc3c(cc2[C@@H](c2ccc4c(c2)OCCO4)[C@@H]1C(C(=O)OC)C(=O)OC)OCCO3)C(=O)OC. The molecule has 0 unspecified atom stereocenters. The van der Waals surface area contributed by atoms with Crippen molar-refractivity contribution in [3.8, 4) is 23.0 Å². The van der Waals surface area contributed by atoms with Gasteiger partial charge in [-0.25, -0.2) is 0 Å². The molecule has 12 heteroatoms. The van der Waals surface area contributed by atoms with Crippen LogP contribution in [0.25, 0.3) is 0 Å². The van der Waals surface area contributed by atoms with Crippen LogP contribution >= 0.6 is 0 Å². The van der Waals surface area contributed by atoms with E-state index in [1.807, 2.05) is 12.1 Å².